The highest BCUT2D eigenvalue weighted by atomic mass is 16.3. The van der Waals surface area contributed by atoms with Gasteiger partial charge in [0.2, 0.25) is 0 Å². The maximum Gasteiger partial charge on any atom is 0.149 e. The van der Waals surface area contributed by atoms with E-state index >= 15 is 0 Å². The molecule has 7 aromatic carbocycles. The Hall–Kier alpha value is -7.04. The fraction of sp³-hybridized carbons (Fsp3) is 0.226. The molecular weight excluding hydrogens is 803 g/mol. The third kappa shape index (κ3) is 8.49. The van der Waals surface area contributed by atoms with Crippen LogP contribution in [0, 0.1) is 0 Å². The summed E-state index contributed by atoms with van der Waals surface area (Å²) in [5, 5.41) is 12.5. The number of hydrogen-bond donors (Lipinski definition) is 1. The molecule has 0 radical (unpaired) electrons. The summed E-state index contributed by atoms with van der Waals surface area (Å²) in [4.78, 5) is 10.5. The van der Waals surface area contributed by atoms with Crippen LogP contribution in [0.3, 0.4) is 0 Å². The van der Waals surface area contributed by atoms with E-state index in [1.807, 2.05) is 60.8 Å². The van der Waals surface area contributed by atoms with E-state index in [0.717, 1.165) is 78.0 Å². The van der Waals surface area contributed by atoms with Gasteiger partial charge in [0.1, 0.15) is 11.6 Å². The van der Waals surface area contributed by atoms with Gasteiger partial charge in [-0.15, -0.1) is 0 Å². The highest BCUT2D eigenvalue weighted by molar-refractivity contribution is 5.97. The Bertz CT molecular complexity index is 3270. The van der Waals surface area contributed by atoms with Gasteiger partial charge < -0.3 is 5.11 Å². The highest BCUT2D eigenvalue weighted by Crippen LogP contribution is 2.46. The molecule has 1 aliphatic rings. The van der Waals surface area contributed by atoms with Crippen molar-refractivity contribution in [3.8, 4) is 67.5 Å². The van der Waals surface area contributed by atoms with Crippen LogP contribution >= 0.6 is 0 Å². The fourth-order valence-electron chi connectivity index (χ4n) is 9.56. The van der Waals surface area contributed by atoms with Crippen molar-refractivity contribution < 1.29 is 7.85 Å². The number of benzene rings is 7. The smallest absolute Gasteiger partial charge is 0.149 e. The maximum atomic E-state index is 12.5. The SMILES string of the molecule is [2H]C1(c2ccccc2)CCC([2H])(c2ccc(-n3c(-c4cc(C(C)(C)C)cc(-c5ccccc5)c4O)nc4c(-c5cc(-c6cc(-c7ccccc7)ccn6)cc(C(C)(C)C)c5)cccc43)cc2)CC1. The number of nitrogens with zero attached hydrogens (tertiary/aromatic N) is 3. The van der Waals surface area contributed by atoms with Crippen LogP contribution in [0.2, 0.25) is 0 Å². The van der Waals surface area contributed by atoms with Gasteiger partial charge in [-0.2, -0.15) is 0 Å². The quantitative estimate of drug-likeness (QED) is 0.166. The van der Waals surface area contributed by atoms with Gasteiger partial charge in [-0.1, -0.05) is 163 Å². The van der Waals surface area contributed by atoms with Crippen LogP contribution in [0.15, 0.2) is 182 Å². The van der Waals surface area contributed by atoms with E-state index in [4.69, 9.17) is 9.97 Å². The molecular formula is C62H59N3O. The van der Waals surface area contributed by atoms with Crippen LogP contribution in [0.4, 0.5) is 0 Å². The van der Waals surface area contributed by atoms with Gasteiger partial charge in [0, 0.05) is 31.3 Å². The van der Waals surface area contributed by atoms with Crippen molar-refractivity contribution in [2.45, 2.75) is 89.8 Å². The number of phenolic OH excluding ortho intramolecular Hbond substituents is 1. The van der Waals surface area contributed by atoms with Crippen LogP contribution in [-0.4, -0.2) is 19.6 Å². The molecule has 0 amide bonds. The molecule has 9 aromatic rings. The molecule has 0 spiro atoms. The first-order valence-electron chi connectivity index (χ1n) is 24.4. The van der Waals surface area contributed by atoms with Gasteiger partial charge in [0.25, 0.3) is 0 Å². The third-order valence-electron chi connectivity index (χ3n) is 13.4. The second kappa shape index (κ2) is 17.4. The molecule has 1 fully saturated rings. The second-order valence-corrected chi connectivity index (χ2v) is 19.9. The summed E-state index contributed by atoms with van der Waals surface area (Å²) in [7, 11) is 0. The Morgan fingerprint density at radius 1 is 0.500 bits per heavy atom. The topological polar surface area (TPSA) is 50.9 Å². The average Bonchev–Trinajstić information content (AvgIpc) is 3.75. The van der Waals surface area contributed by atoms with E-state index in [2.05, 4.69) is 167 Å². The molecule has 1 saturated carbocycles. The number of hydrogen-bond acceptors (Lipinski definition) is 3. The first kappa shape index (κ1) is 40.5. The van der Waals surface area contributed by atoms with Gasteiger partial charge in [-0.3, -0.25) is 9.55 Å². The summed E-state index contributed by atoms with van der Waals surface area (Å²) in [6.07, 6.45) is 4.35. The molecule has 4 nitrogen and oxygen atoms in total. The zero-order valence-electron chi connectivity index (χ0n) is 40.9. The monoisotopic (exact) mass is 863 g/mol. The van der Waals surface area contributed by atoms with Crippen molar-refractivity contribution in [1.29, 1.82) is 0 Å². The number of phenols is 1. The zero-order chi connectivity index (χ0) is 47.4. The van der Waals surface area contributed by atoms with Crippen molar-refractivity contribution in [2.24, 2.45) is 0 Å². The molecule has 0 bridgehead atoms. The van der Waals surface area contributed by atoms with Crippen LogP contribution < -0.4 is 0 Å². The summed E-state index contributed by atoms with van der Waals surface area (Å²) in [6.45, 7) is 13.3. The van der Waals surface area contributed by atoms with Crippen molar-refractivity contribution in [1.82, 2.24) is 14.5 Å². The first-order chi connectivity index (χ1) is 32.6. The molecule has 328 valence electrons. The number of aromatic nitrogens is 3. The molecule has 10 rings (SSSR count). The minimum atomic E-state index is -0.806. The molecule has 1 aliphatic carbocycles. The van der Waals surface area contributed by atoms with E-state index in [0.29, 0.717) is 37.1 Å². The van der Waals surface area contributed by atoms with E-state index in [-0.39, 0.29) is 16.6 Å². The summed E-state index contributed by atoms with van der Waals surface area (Å²) in [6, 6.07) is 60.7. The molecule has 2 heterocycles. The van der Waals surface area contributed by atoms with Crippen LogP contribution in [0.25, 0.3) is 72.7 Å². The van der Waals surface area contributed by atoms with E-state index in [1.54, 1.807) is 0 Å². The lowest BCUT2D eigenvalue weighted by Crippen LogP contribution is -2.12. The Balaban J connectivity index is 1.15. The number of fused-ring (bicyclic) bond motifs is 1. The average molecular weight is 864 g/mol. The van der Waals surface area contributed by atoms with Crippen LogP contribution in [0.5, 0.6) is 5.75 Å². The minimum Gasteiger partial charge on any atom is -0.507 e. The lowest BCUT2D eigenvalue weighted by Gasteiger charge is -2.29. The second-order valence-electron chi connectivity index (χ2n) is 19.9. The summed E-state index contributed by atoms with van der Waals surface area (Å²) >= 11 is 0. The normalized spacial score (nSPS) is 18.2. The first-order valence-corrected chi connectivity index (χ1v) is 23.4. The number of aromatic hydroxyl groups is 1. The molecule has 0 atom stereocenters. The van der Waals surface area contributed by atoms with Crippen LogP contribution in [0.1, 0.15) is 104 Å². The molecule has 1 N–H and O–H groups in total. The Morgan fingerprint density at radius 3 is 1.70 bits per heavy atom. The third-order valence-corrected chi connectivity index (χ3v) is 13.4. The number of rotatable bonds is 8. The molecule has 0 saturated heterocycles. The maximum absolute atomic E-state index is 12.5. The van der Waals surface area contributed by atoms with Gasteiger partial charge in [0.05, 0.1) is 22.3 Å². The largest absolute Gasteiger partial charge is 0.507 e. The lowest BCUT2D eigenvalue weighted by molar-refractivity contribution is 0.396. The summed E-state index contributed by atoms with van der Waals surface area (Å²) in [5.74, 6) is -0.693. The highest BCUT2D eigenvalue weighted by Gasteiger charge is 2.27. The molecule has 66 heavy (non-hydrogen) atoms. The summed E-state index contributed by atoms with van der Waals surface area (Å²) < 4.78 is 21.3. The van der Waals surface area contributed by atoms with Gasteiger partial charge in [0.15, 0.2) is 0 Å². The van der Waals surface area contributed by atoms with Crippen molar-refractivity contribution in [3.05, 3.63) is 204 Å². The molecule has 0 unspecified atom stereocenters. The molecule has 0 aliphatic heterocycles. The van der Waals surface area contributed by atoms with Gasteiger partial charge in [-0.05, 0) is 147 Å². The zero-order valence-corrected chi connectivity index (χ0v) is 38.9. The Kier molecular flexibility index (Phi) is 10.7. The lowest BCUT2D eigenvalue weighted by atomic mass is 9.76. The standard InChI is InChI=1S/C62H59N3O/c1-61(2,3)50-36-48(35-49(37-50)56-38-47(33-34-63-56)42-19-12-8-13-20-42)53-23-16-24-57-58(53)64-60(55-40-51(62(4,5)6)39-54(59(55)66)46-21-14-9-15-22-46)65(57)52-31-29-45(30-32-52)44-27-25-43(26-28-44)41-17-10-7-11-18-41/h7-24,29-40,43-44,66H,25-28H2,1-6H3/i43D,44D. The van der Waals surface area contributed by atoms with E-state index in [9.17, 15) is 7.85 Å². The number of para-hydroxylation sites is 1. The Labute approximate surface area is 393 Å². The number of imidazole rings is 1. The van der Waals surface area contributed by atoms with Gasteiger partial charge in [-0.25, -0.2) is 4.98 Å². The minimum absolute atomic E-state index is 0.160. The predicted molar refractivity (Wildman–Crippen MR) is 276 cm³/mol. The van der Waals surface area contributed by atoms with Crippen molar-refractivity contribution in [3.63, 3.8) is 0 Å². The predicted octanol–water partition coefficient (Wildman–Crippen LogP) is 16.5. The molecule has 4 heteroatoms. The van der Waals surface area contributed by atoms with Gasteiger partial charge >= 0.3 is 0 Å². The van der Waals surface area contributed by atoms with Crippen molar-refractivity contribution >= 4 is 11.0 Å². The summed E-state index contributed by atoms with van der Waals surface area (Å²) in [5.41, 5.74) is 15.0. The van der Waals surface area contributed by atoms with E-state index < -0.39 is 11.8 Å². The number of pyridine rings is 1. The van der Waals surface area contributed by atoms with E-state index in [1.165, 1.54) is 5.56 Å². The van der Waals surface area contributed by atoms with Crippen molar-refractivity contribution in [2.75, 3.05) is 0 Å². The fourth-order valence-corrected chi connectivity index (χ4v) is 9.56. The molecule has 2 aromatic heterocycles. The van der Waals surface area contributed by atoms with Crippen LogP contribution in [-0.2, 0) is 10.8 Å². The Morgan fingerprint density at radius 2 is 1.06 bits per heavy atom.